The maximum Gasteiger partial charge on any atom is 0.219 e. The van der Waals surface area contributed by atoms with E-state index in [9.17, 15) is 4.79 Å². The van der Waals surface area contributed by atoms with E-state index in [0.29, 0.717) is 17.8 Å². The number of piperidine rings is 1. The van der Waals surface area contributed by atoms with Gasteiger partial charge in [0.25, 0.3) is 0 Å². The largest absolute Gasteiger partial charge is 0.342 e. The van der Waals surface area contributed by atoms with E-state index in [1.54, 1.807) is 6.92 Å². The smallest absolute Gasteiger partial charge is 0.219 e. The van der Waals surface area contributed by atoms with E-state index in [1.807, 2.05) is 4.90 Å². The monoisotopic (exact) mass is 183 g/mol. The van der Waals surface area contributed by atoms with E-state index >= 15 is 0 Å². The Morgan fingerprint density at radius 3 is 2.46 bits per heavy atom. The Bertz CT molecular complexity index is 189. The number of carbonyl (C=O) groups is 1. The minimum atomic E-state index is 0.234. The number of carbonyl (C=O) groups excluding carboxylic acids is 1. The molecule has 2 atom stereocenters. The molecule has 1 aliphatic rings. The molecular formula is C11H21NO. The van der Waals surface area contributed by atoms with Gasteiger partial charge in [0.15, 0.2) is 0 Å². The van der Waals surface area contributed by atoms with Gasteiger partial charge >= 0.3 is 0 Å². The average molecular weight is 183 g/mol. The van der Waals surface area contributed by atoms with Crippen molar-refractivity contribution in [3.63, 3.8) is 0 Å². The quantitative estimate of drug-likeness (QED) is 0.610. The van der Waals surface area contributed by atoms with Gasteiger partial charge in [-0.2, -0.15) is 0 Å². The first-order valence-electron chi connectivity index (χ1n) is 5.26. The summed E-state index contributed by atoms with van der Waals surface area (Å²) in [5, 5.41) is 0. The van der Waals surface area contributed by atoms with Gasteiger partial charge in [-0.15, -0.1) is 0 Å². The molecule has 0 N–H and O–H groups in total. The van der Waals surface area contributed by atoms with Crippen molar-refractivity contribution in [2.75, 3.05) is 13.1 Å². The van der Waals surface area contributed by atoms with Crippen LogP contribution in [0.15, 0.2) is 0 Å². The first kappa shape index (κ1) is 10.6. The van der Waals surface area contributed by atoms with Gasteiger partial charge in [-0.1, -0.05) is 20.8 Å². The molecule has 0 bridgehead atoms. The molecule has 76 valence electrons. The molecule has 0 aliphatic carbocycles. The number of hydrogen-bond acceptors (Lipinski definition) is 1. The van der Waals surface area contributed by atoms with Crippen LogP contribution in [0.4, 0.5) is 0 Å². The van der Waals surface area contributed by atoms with Crippen LogP contribution in [0.3, 0.4) is 0 Å². The highest BCUT2D eigenvalue weighted by molar-refractivity contribution is 5.73. The normalized spacial score (nSPS) is 29.5. The standard InChI is InChI=1S/C11H21NO/c1-8(2)11-5-9(3)6-12(7-11)10(4)13/h8-9,11H,5-7H2,1-4H3. The first-order valence-corrected chi connectivity index (χ1v) is 5.26. The molecule has 0 saturated carbocycles. The van der Waals surface area contributed by atoms with Crippen molar-refractivity contribution >= 4 is 5.91 Å². The summed E-state index contributed by atoms with van der Waals surface area (Å²) in [6.07, 6.45) is 1.28. The second-order valence-electron chi connectivity index (χ2n) is 4.77. The van der Waals surface area contributed by atoms with E-state index in [1.165, 1.54) is 6.42 Å². The molecule has 2 nitrogen and oxygen atoms in total. The third-order valence-corrected chi connectivity index (χ3v) is 3.08. The van der Waals surface area contributed by atoms with Crippen molar-refractivity contribution in [2.24, 2.45) is 17.8 Å². The molecule has 1 rings (SSSR count). The molecule has 0 radical (unpaired) electrons. The van der Waals surface area contributed by atoms with Gasteiger partial charge in [-0.25, -0.2) is 0 Å². The van der Waals surface area contributed by atoms with Crippen molar-refractivity contribution in [1.29, 1.82) is 0 Å². The summed E-state index contributed by atoms with van der Waals surface area (Å²) in [6.45, 7) is 10.3. The molecule has 1 amide bonds. The van der Waals surface area contributed by atoms with Gasteiger partial charge in [0.1, 0.15) is 0 Å². The van der Waals surface area contributed by atoms with Crippen LogP contribution in [0, 0.1) is 17.8 Å². The highest BCUT2D eigenvalue weighted by Crippen LogP contribution is 2.26. The molecule has 13 heavy (non-hydrogen) atoms. The number of hydrogen-bond donors (Lipinski definition) is 0. The van der Waals surface area contributed by atoms with Crippen LogP contribution in [0.25, 0.3) is 0 Å². The van der Waals surface area contributed by atoms with Crippen LogP contribution in [0.1, 0.15) is 34.1 Å². The van der Waals surface area contributed by atoms with Crippen molar-refractivity contribution in [2.45, 2.75) is 34.1 Å². The molecule has 1 heterocycles. The summed E-state index contributed by atoms with van der Waals surface area (Å²) < 4.78 is 0. The predicted molar refractivity (Wildman–Crippen MR) is 54.4 cm³/mol. The van der Waals surface area contributed by atoms with E-state index in [2.05, 4.69) is 20.8 Å². The number of amides is 1. The lowest BCUT2D eigenvalue weighted by Gasteiger charge is -2.37. The highest BCUT2D eigenvalue weighted by atomic mass is 16.2. The highest BCUT2D eigenvalue weighted by Gasteiger charge is 2.27. The maximum absolute atomic E-state index is 11.2. The van der Waals surface area contributed by atoms with Gasteiger partial charge < -0.3 is 4.90 Å². The third kappa shape index (κ3) is 2.71. The zero-order valence-electron chi connectivity index (χ0n) is 9.21. The molecule has 2 heteroatoms. The Morgan fingerprint density at radius 2 is 2.00 bits per heavy atom. The Labute approximate surface area is 81.3 Å². The second-order valence-corrected chi connectivity index (χ2v) is 4.77. The first-order chi connectivity index (χ1) is 6.00. The second kappa shape index (κ2) is 4.12. The van der Waals surface area contributed by atoms with Crippen LogP contribution in [-0.2, 0) is 4.79 Å². The SMILES string of the molecule is CC(=O)N1CC(C)CC(C(C)C)C1. The fourth-order valence-electron chi connectivity index (χ4n) is 2.14. The number of rotatable bonds is 1. The van der Waals surface area contributed by atoms with Crippen LogP contribution in [0.5, 0.6) is 0 Å². The fourth-order valence-corrected chi connectivity index (χ4v) is 2.14. The fraction of sp³-hybridized carbons (Fsp3) is 0.909. The van der Waals surface area contributed by atoms with Gasteiger partial charge in [0, 0.05) is 20.0 Å². The van der Waals surface area contributed by atoms with Crippen LogP contribution >= 0.6 is 0 Å². The third-order valence-electron chi connectivity index (χ3n) is 3.08. The van der Waals surface area contributed by atoms with Gasteiger partial charge in [0.2, 0.25) is 5.91 Å². The average Bonchev–Trinajstić information content (AvgIpc) is 2.03. The lowest BCUT2D eigenvalue weighted by atomic mass is 9.83. The van der Waals surface area contributed by atoms with Crippen LogP contribution in [0.2, 0.25) is 0 Å². The maximum atomic E-state index is 11.2. The molecule has 0 spiro atoms. The molecule has 0 aromatic rings. The summed E-state index contributed by atoms with van der Waals surface area (Å²) in [6, 6.07) is 0. The minimum Gasteiger partial charge on any atom is -0.342 e. The topological polar surface area (TPSA) is 20.3 Å². The predicted octanol–water partition coefficient (Wildman–Crippen LogP) is 2.15. The zero-order chi connectivity index (χ0) is 10.0. The molecule has 2 unspecified atom stereocenters. The van der Waals surface area contributed by atoms with Crippen molar-refractivity contribution in [1.82, 2.24) is 4.90 Å². The number of nitrogens with zero attached hydrogens (tertiary/aromatic N) is 1. The minimum absolute atomic E-state index is 0.234. The molecule has 1 fully saturated rings. The summed E-state index contributed by atoms with van der Waals surface area (Å²) >= 11 is 0. The molecule has 0 aromatic carbocycles. The lowest BCUT2D eigenvalue weighted by Crippen LogP contribution is -2.43. The number of likely N-dealkylation sites (tertiary alicyclic amines) is 1. The van der Waals surface area contributed by atoms with E-state index < -0.39 is 0 Å². The Kier molecular flexibility index (Phi) is 3.34. The lowest BCUT2D eigenvalue weighted by molar-refractivity contribution is -0.132. The van der Waals surface area contributed by atoms with Crippen LogP contribution in [-0.4, -0.2) is 23.9 Å². The Hall–Kier alpha value is -0.530. The Balaban J connectivity index is 2.57. The molecule has 1 aliphatic heterocycles. The van der Waals surface area contributed by atoms with Crippen molar-refractivity contribution in [3.05, 3.63) is 0 Å². The molecular weight excluding hydrogens is 162 g/mol. The Morgan fingerprint density at radius 1 is 1.38 bits per heavy atom. The van der Waals surface area contributed by atoms with Gasteiger partial charge in [-0.05, 0) is 24.2 Å². The summed E-state index contributed by atoms with van der Waals surface area (Å²) in [4.78, 5) is 13.2. The van der Waals surface area contributed by atoms with E-state index in [4.69, 9.17) is 0 Å². The summed E-state index contributed by atoms with van der Waals surface area (Å²) in [5.74, 6) is 2.31. The van der Waals surface area contributed by atoms with Crippen molar-refractivity contribution < 1.29 is 4.79 Å². The molecule has 0 aromatic heterocycles. The van der Waals surface area contributed by atoms with Crippen molar-refractivity contribution in [3.8, 4) is 0 Å². The van der Waals surface area contributed by atoms with E-state index in [-0.39, 0.29) is 5.91 Å². The van der Waals surface area contributed by atoms with E-state index in [0.717, 1.165) is 13.1 Å². The summed E-state index contributed by atoms with van der Waals surface area (Å²) in [5.41, 5.74) is 0. The van der Waals surface area contributed by atoms with Gasteiger partial charge in [0.05, 0.1) is 0 Å². The zero-order valence-corrected chi connectivity index (χ0v) is 9.21. The summed E-state index contributed by atoms with van der Waals surface area (Å²) in [7, 11) is 0. The van der Waals surface area contributed by atoms with Crippen LogP contribution < -0.4 is 0 Å². The van der Waals surface area contributed by atoms with Gasteiger partial charge in [-0.3, -0.25) is 4.79 Å². The molecule has 1 saturated heterocycles.